The lowest BCUT2D eigenvalue weighted by atomic mass is 10.00. The van der Waals surface area contributed by atoms with Gasteiger partial charge < -0.3 is 10.6 Å². The Bertz CT molecular complexity index is 253. The van der Waals surface area contributed by atoms with E-state index in [1.54, 1.807) is 7.05 Å². The highest BCUT2D eigenvalue weighted by Crippen LogP contribution is 2.23. The third-order valence-electron chi connectivity index (χ3n) is 3.96. The molecule has 18 heavy (non-hydrogen) atoms. The van der Waals surface area contributed by atoms with E-state index in [1.807, 2.05) is 0 Å². The molecule has 1 saturated carbocycles. The molecular weight excluding hydrogens is 224 g/mol. The van der Waals surface area contributed by atoms with Crippen molar-refractivity contribution in [3.05, 3.63) is 0 Å². The fourth-order valence-corrected chi connectivity index (χ4v) is 2.83. The van der Waals surface area contributed by atoms with Gasteiger partial charge in [0.2, 0.25) is 5.91 Å². The summed E-state index contributed by atoms with van der Waals surface area (Å²) in [5, 5.41) is 6.37. The number of hydrogen-bond donors (Lipinski definition) is 2. The van der Waals surface area contributed by atoms with Crippen molar-refractivity contribution < 1.29 is 4.79 Å². The SMILES string of the molecule is CNC(=O)C(CC(C)C)NC1CCCC(C)CC1. The maximum absolute atomic E-state index is 11.9. The van der Waals surface area contributed by atoms with E-state index >= 15 is 0 Å². The Balaban J connectivity index is 2.50. The summed E-state index contributed by atoms with van der Waals surface area (Å²) in [7, 11) is 1.73. The standard InChI is InChI=1S/C15H30N2O/c1-11(2)10-14(15(18)16-4)17-13-7-5-6-12(3)8-9-13/h11-14,17H,5-10H2,1-4H3,(H,16,18). The molecule has 0 bridgehead atoms. The maximum atomic E-state index is 11.9. The van der Waals surface area contributed by atoms with Gasteiger partial charge in [0, 0.05) is 13.1 Å². The van der Waals surface area contributed by atoms with E-state index < -0.39 is 0 Å². The van der Waals surface area contributed by atoms with Gasteiger partial charge in [-0.15, -0.1) is 0 Å². The van der Waals surface area contributed by atoms with Gasteiger partial charge in [-0.2, -0.15) is 0 Å². The highest BCUT2D eigenvalue weighted by molar-refractivity contribution is 5.81. The molecule has 3 heteroatoms. The Kier molecular flexibility index (Phi) is 6.69. The normalized spacial score (nSPS) is 26.7. The summed E-state index contributed by atoms with van der Waals surface area (Å²) in [4.78, 5) is 11.9. The van der Waals surface area contributed by atoms with Crippen LogP contribution in [0.15, 0.2) is 0 Å². The summed E-state index contributed by atoms with van der Waals surface area (Å²) >= 11 is 0. The lowest BCUT2D eigenvalue weighted by Crippen LogP contribution is -2.48. The minimum absolute atomic E-state index is 0.0200. The molecule has 0 aromatic carbocycles. The van der Waals surface area contributed by atoms with Gasteiger partial charge in [0.15, 0.2) is 0 Å². The van der Waals surface area contributed by atoms with Crippen LogP contribution in [0, 0.1) is 11.8 Å². The Morgan fingerprint density at radius 3 is 2.56 bits per heavy atom. The van der Waals surface area contributed by atoms with Crippen LogP contribution in [0.3, 0.4) is 0 Å². The second-order valence-electron chi connectivity index (χ2n) is 6.27. The van der Waals surface area contributed by atoms with E-state index in [2.05, 4.69) is 31.4 Å². The predicted octanol–water partition coefficient (Wildman–Crippen LogP) is 2.71. The lowest BCUT2D eigenvalue weighted by Gasteiger charge is -2.25. The van der Waals surface area contributed by atoms with Crippen LogP contribution in [0.1, 0.15) is 59.3 Å². The van der Waals surface area contributed by atoms with Gasteiger partial charge in [-0.05, 0) is 37.5 Å². The highest BCUT2D eigenvalue weighted by Gasteiger charge is 2.23. The smallest absolute Gasteiger partial charge is 0.236 e. The third kappa shape index (κ3) is 5.38. The van der Waals surface area contributed by atoms with Crippen molar-refractivity contribution in [2.75, 3.05) is 7.05 Å². The average Bonchev–Trinajstić information content (AvgIpc) is 2.52. The van der Waals surface area contributed by atoms with Crippen LogP contribution in [-0.2, 0) is 4.79 Å². The number of hydrogen-bond acceptors (Lipinski definition) is 2. The Morgan fingerprint density at radius 1 is 1.22 bits per heavy atom. The summed E-state index contributed by atoms with van der Waals surface area (Å²) in [5.41, 5.74) is 0. The molecule has 0 aliphatic heterocycles. The number of carbonyl (C=O) groups is 1. The average molecular weight is 254 g/mol. The van der Waals surface area contributed by atoms with Crippen molar-refractivity contribution in [1.29, 1.82) is 0 Å². The van der Waals surface area contributed by atoms with E-state index in [0.717, 1.165) is 12.3 Å². The molecule has 1 aliphatic carbocycles. The Morgan fingerprint density at radius 2 is 1.94 bits per heavy atom. The summed E-state index contributed by atoms with van der Waals surface area (Å²) in [6.45, 7) is 6.69. The second kappa shape index (κ2) is 7.78. The van der Waals surface area contributed by atoms with Gasteiger partial charge in [-0.25, -0.2) is 0 Å². The molecule has 1 rings (SSSR count). The Labute approximate surface area is 112 Å². The van der Waals surface area contributed by atoms with Crippen LogP contribution in [-0.4, -0.2) is 25.0 Å². The molecule has 0 radical (unpaired) electrons. The summed E-state index contributed by atoms with van der Waals surface area (Å²) in [6, 6.07) is 0.504. The molecule has 0 saturated heterocycles. The monoisotopic (exact) mass is 254 g/mol. The lowest BCUT2D eigenvalue weighted by molar-refractivity contribution is -0.123. The predicted molar refractivity (Wildman–Crippen MR) is 76.5 cm³/mol. The van der Waals surface area contributed by atoms with Gasteiger partial charge >= 0.3 is 0 Å². The number of amides is 1. The topological polar surface area (TPSA) is 41.1 Å². The van der Waals surface area contributed by atoms with Crippen molar-refractivity contribution in [3.8, 4) is 0 Å². The number of carbonyl (C=O) groups excluding carboxylic acids is 1. The molecule has 2 N–H and O–H groups in total. The van der Waals surface area contributed by atoms with E-state index in [0.29, 0.717) is 12.0 Å². The maximum Gasteiger partial charge on any atom is 0.236 e. The first-order valence-electron chi connectivity index (χ1n) is 7.50. The van der Waals surface area contributed by atoms with E-state index in [1.165, 1.54) is 32.1 Å². The molecule has 0 heterocycles. The summed E-state index contributed by atoms with van der Waals surface area (Å²) in [5.74, 6) is 1.53. The van der Waals surface area contributed by atoms with Crippen molar-refractivity contribution in [3.63, 3.8) is 0 Å². The van der Waals surface area contributed by atoms with Crippen LogP contribution in [0.2, 0.25) is 0 Å². The molecule has 3 nitrogen and oxygen atoms in total. The minimum atomic E-state index is -0.0200. The molecule has 0 spiro atoms. The number of likely N-dealkylation sites (N-methyl/N-ethyl adjacent to an activating group) is 1. The van der Waals surface area contributed by atoms with Crippen molar-refractivity contribution in [1.82, 2.24) is 10.6 Å². The quantitative estimate of drug-likeness (QED) is 0.741. The molecule has 1 fully saturated rings. The largest absolute Gasteiger partial charge is 0.358 e. The first-order chi connectivity index (χ1) is 8.52. The van der Waals surface area contributed by atoms with Crippen molar-refractivity contribution in [2.24, 2.45) is 11.8 Å². The molecule has 0 aromatic heterocycles. The molecule has 3 unspecified atom stereocenters. The van der Waals surface area contributed by atoms with E-state index in [9.17, 15) is 4.79 Å². The van der Waals surface area contributed by atoms with E-state index in [4.69, 9.17) is 0 Å². The first-order valence-corrected chi connectivity index (χ1v) is 7.50. The molecule has 1 amide bonds. The van der Waals surface area contributed by atoms with Crippen LogP contribution < -0.4 is 10.6 Å². The van der Waals surface area contributed by atoms with Gasteiger partial charge in [0.05, 0.1) is 6.04 Å². The molecule has 106 valence electrons. The fourth-order valence-electron chi connectivity index (χ4n) is 2.83. The molecular formula is C15H30N2O. The molecule has 0 aromatic rings. The fraction of sp³-hybridized carbons (Fsp3) is 0.933. The van der Waals surface area contributed by atoms with Gasteiger partial charge in [0.1, 0.15) is 0 Å². The zero-order chi connectivity index (χ0) is 13.5. The first kappa shape index (κ1) is 15.5. The molecule has 1 aliphatic rings. The minimum Gasteiger partial charge on any atom is -0.358 e. The van der Waals surface area contributed by atoms with Gasteiger partial charge in [0.25, 0.3) is 0 Å². The highest BCUT2D eigenvalue weighted by atomic mass is 16.2. The Hall–Kier alpha value is -0.570. The van der Waals surface area contributed by atoms with Crippen molar-refractivity contribution >= 4 is 5.91 Å². The number of nitrogens with one attached hydrogen (secondary N) is 2. The van der Waals surface area contributed by atoms with Crippen LogP contribution in [0.25, 0.3) is 0 Å². The van der Waals surface area contributed by atoms with E-state index in [-0.39, 0.29) is 11.9 Å². The van der Waals surface area contributed by atoms with Crippen LogP contribution in [0.4, 0.5) is 0 Å². The van der Waals surface area contributed by atoms with Crippen LogP contribution in [0.5, 0.6) is 0 Å². The van der Waals surface area contributed by atoms with Crippen molar-refractivity contribution in [2.45, 2.75) is 71.4 Å². The molecule has 3 atom stereocenters. The number of rotatable bonds is 5. The van der Waals surface area contributed by atoms with Crippen LogP contribution >= 0.6 is 0 Å². The summed E-state index contributed by atoms with van der Waals surface area (Å²) in [6.07, 6.45) is 7.28. The van der Waals surface area contributed by atoms with Gasteiger partial charge in [-0.3, -0.25) is 4.79 Å². The second-order valence-corrected chi connectivity index (χ2v) is 6.27. The van der Waals surface area contributed by atoms with Gasteiger partial charge in [-0.1, -0.05) is 33.6 Å². The zero-order valence-electron chi connectivity index (χ0n) is 12.5. The zero-order valence-corrected chi connectivity index (χ0v) is 12.5. The summed E-state index contributed by atoms with van der Waals surface area (Å²) < 4.78 is 0. The third-order valence-corrected chi connectivity index (χ3v) is 3.96.